The Morgan fingerprint density at radius 2 is 1.96 bits per heavy atom. The molecule has 5 heteroatoms. The van der Waals surface area contributed by atoms with Gasteiger partial charge in [0.15, 0.2) is 0 Å². The number of carbonyl (C=O) groups excluding carboxylic acids is 2. The van der Waals surface area contributed by atoms with E-state index in [0.29, 0.717) is 18.0 Å². The maximum atomic E-state index is 13.6. The SMILES string of the molecule is C=C[C@@H](CC)[C@H](C(=O)N1CCCC[C@H]1C(=O)NC(C)C)c1ccc(Cl)cc1. The van der Waals surface area contributed by atoms with Crippen LogP contribution in [0.15, 0.2) is 36.9 Å². The maximum Gasteiger partial charge on any atom is 0.243 e. The molecule has 1 aliphatic heterocycles. The number of likely N-dealkylation sites (tertiary alicyclic amines) is 1. The van der Waals surface area contributed by atoms with Gasteiger partial charge in [-0.25, -0.2) is 0 Å². The Balaban J connectivity index is 2.35. The zero-order valence-electron chi connectivity index (χ0n) is 16.6. The molecule has 1 saturated heterocycles. The monoisotopic (exact) mass is 390 g/mol. The second-order valence-electron chi connectivity index (χ2n) is 7.54. The van der Waals surface area contributed by atoms with E-state index in [1.54, 1.807) is 4.90 Å². The Bertz CT molecular complexity index is 657. The Hall–Kier alpha value is -1.81. The molecule has 27 heavy (non-hydrogen) atoms. The van der Waals surface area contributed by atoms with Crippen LogP contribution in [-0.2, 0) is 9.59 Å². The number of piperidine rings is 1. The van der Waals surface area contributed by atoms with E-state index in [1.807, 2.05) is 44.2 Å². The highest BCUT2D eigenvalue weighted by Gasteiger charge is 2.38. The summed E-state index contributed by atoms with van der Waals surface area (Å²) < 4.78 is 0. The first-order chi connectivity index (χ1) is 12.9. The number of nitrogens with one attached hydrogen (secondary N) is 1. The first kappa shape index (κ1) is 21.5. The molecule has 148 valence electrons. The fraction of sp³-hybridized carbons (Fsp3) is 0.545. The fourth-order valence-corrected chi connectivity index (χ4v) is 3.93. The Morgan fingerprint density at radius 1 is 1.30 bits per heavy atom. The van der Waals surface area contributed by atoms with Gasteiger partial charge in [-0.15, -0.1) is 6.58 Å². The van der Waals surface area contributed by atoms with Gasteiger partial charge in [-0.05, 0) is 63.1 Å². The lowest BCUT2D eigenvalue weighted by Gasteiger charge is -2.38. The van der Waals surface area contributed by atoms with Crippen LogP contribution in [-0.4, -0.2) is 35.3 Å². The second kappa shape index (κ2) is 9.93. The first-order valence-corrected chi connectivity index (χ1v) is 10.3. The Kier molecular flexibility index (Phi) is 7.91. The van der Waals surface area contributed by atoms with Crippen molar-refractivity contribution in [2.45, 2.75) is 64.5 Å². The number of hydrogen-bond donors (Lipinski definition) is 1. The number of halogens is 1. The van der Waals surface area contributed by atoms with Crippen LogP contribution in [0.4, 0.5) is 0 Å². The lowest BCUT2D eigenvalue weighted by molar-refractivity contribution is -0.144. The quantitative estimate of drug-likeness (QED) is 0.694. The van der Waals surface area contributed by atoms with Crippen LogP contribution in [0.5, 0.6) is 0 Å². The summed E-state index contributed by atoms with van der Waals surface area (Å²) in [5.41, 5.74) is 0.921. The molecule has 1 aromatic carbocycles. The number of hydrogen-bond acceptors (Lipinski definition) is 2. The van der Waals surface area contributed by atoms with E-state index in [1.165, 1.54) is 0 Å². The molecule has 0 aromatic heterocycles. The largest absolute Gasteiger partial charge is 0.352 e. The zero-order valence-corrected chi connectivity index (χ0v) is 17.3. The van der Waals surface area contributed by atoms with Crippen LogP contribution in [0.2, 0.25) is 5.02 Å². The standard InChI is InChI=1S/C22H31ClN2O2/c1-5-16(6-2)20(17-10-12-18(23)13-11-17)22(27)25-14-8-7-9-19(25)21(26)24-15(3)4/h5,10-13,15-16,19-20H,1,6-9,14H2,2-4H3,(H,24,26)/t16-,19-,20-/m0/s1. The van der Waals surface area contributed by atoms with Crippen molar-refractivity contribution >= 4 is 23.4 Å². The molecule has 3 atom stereocenters. The molecule has 0 saturated carbocycles. The summed E-state index contributed by atoms with van der Waals surface area (Å²) in [6.45, 7) is 10.5. The summed E-state index contributed by atoms with van der Waals surface area (Å²) in [7, 11) is 0. The summed E-state index contributed by atoms with van der Waals surface area (Å²) in [5, 5.41) is 3.61. The van der Waals surface area contributed by atoms with Crippen molar-refractivity contribution in [3.05, 3.63) is 47.5 Å². The molecule has 0 aliphatic carbocycles. The molecular formula is C22H31ClN2O2. The molecule has 1 aliphatic rings. The lowest BCUT2D eigenvalue weighted by Crippen LogP contribution is -2.54. The first-order valence-electron chi connectivity index (χ1n) is 9.87. The van der Waals surface area contributed by atoms with E-state index in [0.717, 1.165) is 24.8 Å². The molecule has 0 spiro atoms. The van der Waals surface area contributed by atoms with E-state index in [-0.39, 0.29) is 29.7 Å². The average molecular weight is 391 g/mol. The van der Waals surface area contributed by atoms with Crippen molar-refractivity contribution in [2.24, 2.45) is 5.92 Å². The molecule has 0 radical (unpaired) electrons. The summed E-state index contributed by atoms with van der Waals surface area (Å²) in [6.07, 6.45) is 5.26. The van der Waals surface area contributed by atoms with Gasteiger partial charge in [-0.3, -0.25) is 9.59 Å². The van der Waals surface area contributed by atoms with Gasteiger partial charge >= 0.3 is 0 Å². The number of rotatable bonds is 7. The molecule has 1 fully saturated rings. The molecule has 1 aromatic rings. The molecular weight excluding hydrogens is 360 g/mol. The minimum Gasteiger partial charge on any atom is -0.352 e. The molecule has 1 heterocycles. The normalized spacial score (nSPS) is 19.4. The van der Waals surface area contributed by atoms with Gasteiger partial charge in [0.2, 0.25) is 11.8 Å². The summed E-state index contributed by atoms with van der Waals surface area (Å²) in [5.74, 6) is -0.390. The van der Waals surface area contributed by atoms with E-state index < -0.39 is 6.04 Å². The molecule has 2 rings (SSSR count). The van der Waals surface area contributed by atoms with Crippen LogP contribution in [0.3, 0.4) is 0 Å². The number of benzene rings is 1. The highest BCUT2D eigenvalue weighted by atomic mass is 35.5. The van der Waals surface area contributed by atoms with Crippen LogP contribution >= 0.6 is 11.6 Å². The number of allylic oxidation sites excluding steroid dienone is 1. The van der Waals surface area contributed by atoms with Gasteiger partial charge in [0.05, 0.1) is 5.92 Å². The van der Waals surface area contributed by atoms with E-state index in [4.69, 9.17) is 11.6 Å². The maximum absolute atomic E-state index is 13.6. The van der Waals surface area contributed by atoms with Crippen molar-refractivity contribution in [3.63, 3.8) is 0 Å². The third-order valence-corrected chi connectivity index (χ3v) is 5.47. The van der Waals surface area contributed by atoms with Crippen molar-refractivity contribution in [1.29, 1.82) is 0 Å². The topological polar surface area (TPSA) is 49.4 Å². The summed E-state index contributed by atoms with van der Waals surface area (Å²) >= 11 is 6.04. The van der Waals surface area contributed by atoms with Crippen molar-refractivity contribution in [2.75, 3.05) is 6.54 Å². The third kappa shape index (κ3) is 5.35. The zero-order chi connectivity index (χ0) is 20.0. The molecule has 0 unspecified atom stereocenters. The van der Waals surface area contributed by atoms with Crippen molar-refractivity contribution in [3.8, 4) is 0 Å². The summed E-state index contributed by atoms with van der Waals surface area (Å²) in [4.78, 5) is 28.1. The predicted molar refractivity (Wildman–Crippen MR) is 111 cm³/mol. The van der Waals surface area contributed by atoms with Crippen molar-refractivity contribution in [1.82, 2.24) is 10.2 Å². The molecule has 1 N–H and O–H groups in total. The fourth-order valence-electron chi connectivity index (χ4n) is 3.81. The second-order valence-corrected chi connectivity index (χ2v) is 7.98. The molecule has 4 nitrogen and oxygen atoms in total. The number of amides is 2. The van der Waals surface area contributed by atoms with E-state index in [9.17, 15) is 9.59 Å². The van der Waals surface area contributed by atoms with Gasteiger partial charge in [-0.2, -0.15) is 0 Å². The van der Waals surface area contributed by atoms with Crippen molar-refractivity contribution < 1.29 is 9.59 Å². The van der Waals surface area contributed by atoms with E-state index >= 15 is 0 Å². The summed E-state index contributed by atoms with van der Waals surface area (Å²) in [6, 6.07) is 7.10. The van der Waals surface area contributed by atoms with Gasteiger partial charge in [0.25, 0.3) is 0 Å². The van der Waals surface area contributed by atoms with E-state index in [2.05, 4.69) is 18.8 Å². The van der Waals surface area contributed by atoms with Crippen LogP contribution in [0.25, 0.3) is 0 Å². The van der Waals surface area contributed by atoms with Gasteiger partial charge in [-0.1, -0.05) is 36.7 Å². The minimum atomic E-state index is -0.397. The highest BCUT2D eigenvalue weighted by molar-refractivity contribution is 6.30. The van der Waals surface area contributed by atoms with Gasteiger partial charge < -0.3 is 10.2 Å². The minimum absolute atomic E-state index is 0.00711. The smallest absolute Gasteiger partial charge is 0.243 e. The Morgan fingerprint density at radius 3 is 2.52 bits per heavy atom. The van der Waals surface area contributed by atoms with Crippen LogP contribution < -0.4 is 5.32 Å². The third-order valence-electron chi connectivity index (χ3n) is 5.22. The highest BCUT2D eigenvalue weighted by Crippen LogP contribution is 2.33. The van der Waals surface area contributed by atoms with Gasteiger partial charge in [0, 0.05) is 17.6 Å². The lowest BCUT2D eigenvalue weighted by atomic mass is 9.82. The Labute approximate surface area is 168 Å². The molecule has 2 amide bonds. The molecule has 0 bridgehead atoms. The number of nitrogens with zero attached hydrogens (tertiary/aromatic N) is 1. The number of carbonyl (C=O) groups is 2. The van der Waals surface area contributed by atoms with Crippen LogP contribution in [0.1, 0.15) is 57.9 Å². The van der Waals surface area contributed by atoms with Crippen LogP contribution in [0, 0.1) is 5.92 Å². The average Bonchev–Trinajstić information content (AvgIpc) is 2.66. The van der Waals surface area contributed by atoms with Gasteiger partial charge in [0.1, 0.15) is 6.04 Å². The predicted octanol–water partition coefficient (Wildman–Crippen LogP) is 4.54.